The SMILES string of the molecule is COc1cccc2cc(C(=O)NCc3nc(N(C)C)nc(N(C)C)n3)oc12. The van der Waals surface area contributed by atoms with Crippen molar-refractivity contribution in [1.82, 2.24) is 20.3 Å². The van der Waals surface area contributed by atoms with Crippen LogP contribution in [0, 0.1) is 0 Å². The Kier molecular flexibility index (Phi) is 5.11. The van der Waals surface area contributed by atoms with Gasteiger partial charge in [-0.25, -0.2) is 0 Å². The number of anilines is 2. The van der Waals surface area contributed by atoms with Gasteiger partial charge in [-0.1, -0.05) is 12.1 Å². The van der Waals surface area contributed by atoms with Gasteiger partial charge in [0.15, 0.2) is 22.9 Å². The van der Waals surface area contributed by atoms with E-state index in [1.165, 1.54) is 0 Å². The third-order valence-corrected chi connectivity index (χ3v) is 3.82. The van der Waals surface area contributed by atoms with Crippen LogP contribution in [0.4, 0.5) is 11.9 Å². The third kappa shape index (κ3) is 3.91. The Labute approximate surface area is 157 Å². The van der Waals surface area contributed by atoms with E-state index in [4.69, 9.17) is 9.15 Å². The maximum atomic E-state index is 12.5. The fourth-order valence-corrected chi connectivity index (χ4v) is 2.43. The Morgan fingerprint density at radius 3 is 2.37 bits per heavy atom. The van der Waals surface area contributed by atoms with Crippen molar-refractivity contribution >= 4 is 28.8 Å². The number of amides is 1. The number of aromatic nitrogens is 3. The van der Waals surface area contributed by atoms with Crippen molar-refractivity contribution in [2.24, 2.45) is 0 Å². The van der Waals surface area contributed by atoms with Gasteiger partial charge >= 0.3 is 0 Å². The highest BCUT2D eigenvalue weighted by molar-refractivity contribution is 5.97. The Morgan fingerprint density at radius 1 is 1.11 bits per heavy atom. The van der Waals surface area contributed by atoms with Crippen molar-refractivity contribution in [3.05, 3.63) is 35.9 Å². The standard InChI is InChI=1S/C18H22N6O3/c1-23(2)17-20-14(21-18(22-17)24(3)4)10-19-16(25)13-9-11-7-6-8-12(26-5)15(11)27-13/h6-9H,10H2,1-5H3,(H,19,25). The highest BCUT2D eigenvalue weighted by atomic mass is 16.5. The first-order chi connectivity index (χ1) is 12.9. The number of carbonyl (C=O) groups is 1. The van der Waals surface area contributed by atoms with Crippen LogP contribution in [0.25, 0.3) is 11.0 Å². The number of hydrogen-bond donors (Lipinski definition) is 1. The van der Waals surface area contributed by atoms with Gasteiger partial charge in [0.05, 0.1) is 13.7 Å². The molecule has 1 aromatic carbocycles. The van der Waals surface area contributed by atoms with Gasteiger partial charge in [0, 0.05) is 33.6 Å². The van der Waals surface area contributed by atoms with E-state index in [-0.39, 0.29) is 18.2 Å². The van der Waals surface area contributed by atoms with E-state index in [2.05, 4.69) is 20.3 Å². The lowest BCUT2D eigenvalue weighted by Crippen LogP contribution is -2.26. The summed E-state index contributed by atoms with van der Waals surface area (Å²) in [5.74, 6) is 1.92. The smallest absolute Gasteiger partial charge is 0.287 e. The average molecular weight is 370 g/mol. The number of para-hydroxylation sites is 1. The minimum atomic E-state index is -0.355. The second-order valence-electron chi connectivity index (χ2n) is 6.31. The summed E-state index contributed by atoms with van der Waals surface area (Å²) < 4.78 is 10.9. The third-order valence-electron chi connectivity index (χ3n) is 3.82. The van der Waals surface area contributed by atoms with Crippen LogP contribution in [0.5, 0.6) is 5.75 Å². The van der Waals surface area contributed by atoms with Crippen molar-refractivity contribution in [2.75, 3.05) is 45.1 Å². The molecule has 0 bridgehead atoms. The fraction of sp³-hybridized carbons (Fsp3) is 0.333. The van der Waals surface area contributed by atoms with Crippen LogP contribution in [0.15, 0.2) is 28.7 Å². The summed E-state index contributed by atoms with van der Waals surface area (Å²) >= 11 is 0. The van der Waals surface area contributed by atoms with Crippen LogP contribution in [-0.4, -0.2) is 56.2 Å². The summed E-state index contributed by atoms with van der Waals surface area (Å²) in [5, 5.41) is 3.58. The monoisotopic (exact) mass is 370 g/mol. The van der Waals surface area contributed by atoms with Crippen LogP contribution in [0.1, 0.15) is 16.4 Å². The number of methoxy groups -OCH3 is 1. The van der Waals surface area contributed by atoms with Crippen molar-refractivity contribution < 1.29 is 13.9 Å². The molecular formula is C18H22N6O3. The van der Waals surface area contributed by atoms with Gasteiger partial charge in [-0.05, 0) is 12.1 Å². The number of furan rings is 1. The predicted molar refractivity (Wildman–Crippen MR) is 102 cm³/mol. The van der Waals surface area contributed by atoms with E-state index in [0.717, 1.165) is 5.39 Å². The van der Waals surface area contributed by atoms with Crippen LogP contribution in [-0.2, 0) is 6.54 Å². The van der Waals surface area contributed by atoms with Crippen LogP contribution in [0.2, 0.25) is 0 Å². The molecule has 0 radical (unpaired) electrons. The summed E-state index contributed by atoms with van der Waals surface area (Å²) in [7, 11) is 8.94. The molecule has 0 fully saturated rings. The molecule has 0 unspecified atom stereocenters. The van der Waals surface area contributed by atoms with Crippen molar-refractivity contribution in [2.45, 2.75) is 6.54 Å². The Morgan fingerprint density at radius 2 is 1.78 bits per heavy atom. The van der Waals surface area contributed by atoms with Gasteiger partial charge in [0.25, 0.3) is 5.91 Å². The lowest BCUT2D eigenvalue weighted by atomic mass is 10.2. The molecule has 3 rings (SSSR count). The van der Waals surface area contributed by atoms with Gasteiger partial charge in [0.2, 0.25) is 11.9 Å². The highest BCUT2D eigenvalue weighted by Crippen LogP contribution is 2.28. The van der Waals surface area contributed by atoms with Crippen molar-refractivity contribution in [3.8, 4) is 5.75 Å². The number of hydrogen-bond acceptors (Lipinski definition) is 8. The minimum absolute atomic E-state index is 0.150. The molecule has 2 aromatic heterocycles. The molecule has 0 aliphatic carbocycles. The maximum absolute atomic E-state index is 12.5. The summed E-state index contributed by atoms with van der Waals surface area (Å²) in [6.07, 6.45) is 0. The van der Waals surface area contributed by atoms with Crippen LogP contribution < -0.4 is 19.9 Å². The van der Waals surface area contributed by atoms with E-state index >= 15 is 0 Å². The molecule has 9 nitrogen and oxygen atoms in total. The highest BCUT2D eigenvalue weighted by Gasteiger charge is 2.16. The van der Waals surface area contributed by atoms with Gasteiger partial charge in [-0.3, -0.25) is 4.79 Å². The lowest BCUT2D eigenvalue weighted by Gasteiger charge is -2.16. The number of rotatable bonds is 6. The fourth-order valence-electron chi connectivity index (χ4n) is 2.43. The Hall–Kier alpha value is -3.36. The first kappa shape index (κ1) is 18.4. The maximum Gasteiger partial charge on any atom is 0.287 e. The molecule has 0 aliphatic heterocycles. The van der Waals surface area contributed by atoms with E-state index in [0.29, 0.717) is 29.1 Å². The molecule has 0 spiro atoms. The number of fused-ring (bicyclic) bond motifs is 1. The quantitative estimate of drug-likeness (QED) is 0.700. The second-order valence-corrected chi connectivity index (χ2v) is 6.31. The average Bonchev–Trinajstić information content (AvgIpc) is 3.10. The molecule has 0 saturated carbocycles. The first-order valence-electron chi connectivity index (χ1n) is 8.33. The molecule has 0 atom stereocenters. The molecule has 0 aliphatic rings. The van der Waals surface area contributed by atoms with Crippen molar-refractivity contribution in [1.29, 1.82) is 0 Å². The van der Waals surface area contributed by atoms with Crippen LogP contribution >= 0.6 is 0 Å². The van der Waals surface area contributed by atoms with E-state index in [9.17, 15) is 4.79 Å². The molecule has 3 aromatic rings. The van der Waals surface area contributed by atoms with Gasteiger partial charge in [0.1, 0.15) is 0 Å². The summed E-state index contributed by atoms with van der Waals surface area (Å²) in [5.41, 5.74) is 0.537. The Bertz CT molecular complexity index is 941. The zero-order chi connectivity index (χ0) is 19.6. The zero-order valence-electron chi connectivity index (χ0n) is 16.0. The molecule has 142 valence electrons. The largest absolute Gasteiger partial charge is 0.493 e. The summed E-state index contributed by atoms with van der Waals surface area (Å²) in [6, 6.07) is 7.16. The summed E-state index contributed by atoms with van der Waals surface area (Å²) in [6.45, 7) is 0.150. The Balaban J connectivity index is 1.79. The number of carbonyl (C=O) groups excluding carboxylic acids is 1. The van der Waals surface area contributed by atoms with E-state index in [1.807, 2.05) is 40.3 Å². The number of ether oxygens (including phenoxy) is 1. The molecule has 1 amide bonds. The zero-order valence-corrected chi connectivity index (χ0v) is 16.0. The number of nitrogens with zero attached hydrogens (tertiary/aromatic N) is 5. The summed E-state index contributed by atoms with van der Waals surface area (Å²) in [4.78, 5) is 29.1. The van der Waals surface area contributed by atoms with E-state index < -0.39 is 0 Å². The van der Waals surface area contributed by atoms with Crippen LogP contribution in [0.3, 0.4) is 0 Å². The number of nitrogens with one attached hydrogen (secondary N) is 1. The van der Waals surface area contributed by atoms with Gasteiger partial charge < -0.3 is 24.3 Å². The normalized spacial score (nSPS) is 10.7. The second kappa shape index (κ2) is 7.48. The van der Waals surface area contributed by atoms with Crippen molar-refractivity contribution in [3.63, 3.8) is 0 Å². The van der Waals surface area contributed by atoms with E-state index in [1.54, 1.807) is 29.0 Å². The molecule has 27 heavy (non-hydrogen) atoms. The minimum Gasteiger partial charge on any atom is -0.493 e. The predicted octanol–water partition coefficient (Wildman–Crippen LogP) is 1.69. The molecule has 0 saturated heterocycles. The first-order valence-corrected chi connectivity index (χ1v) is 8.33. The number of benzene rings is 1. The van der Waals surface area contributed by atoms with Gasteiger partial charge in [-0.2, -0.15) is 15.0 Å². The molecule has 1 N–H and O–H groups in total. The molecule has 9 heteroatoms. The topological polar surface area (TPSA) is 96.6 Å². The molecule has 2 heterocycles. The molecular weight excluding hydrogens is 348 g/mol. The van der Waals surface area contributed by atoms with Gasteiger partial charge in [-0.15, -0.1) is 0 Å². The lowest BCUT2D eigenvalue weighted by molar-refractivity contribution is 0.0924.